The molecule has 4 N–H and O–H groups in total. The third-order valence-corrected chi connectivity index (χ3v) is 5.92. The van der Waals surface area contributed by atoms with Gasteiger partial charge in [0.15, 0.2) is 0 Å². The largest absolute Gasteiger partial charge is 0.480 e. The number of imidazole rings is 1. The first-order valence-corrected chi connectivity index (χ1v) is 12.3. The van der Waals surface area contributed by atoms with Crippen LogP contribution in [0.1, 0.15) is 86.8 Å². The second kappa shape index (κ2) is 12.9. The molecule has 194 valence electrons. The van der Waals surface area contributed by atoms with Crippen LogP contribution in [0.15, 0.2) is 12.5 Å². The van der Waals surface area contributed by atoms with Gasteiger partial charge in [0.2, 0.25) is 11.8 Å². The van der Waals surface area contributed by atoms with Crippen LogP contribution in [0.5, 0.6) is 0 Å². The molecule has 3 unspecified atom stereocenters. The minimum Gasteiger partial charge on any atom is -0.480 e. The van der Waals surface area contributed by atoms with Gasteiger partial charge in [0.25, 0.3) is 0 Å². The van der Waals surface area contributed by atoms with Gasteiger partial charge in [-0.15, -0.1) is 0 Å². The number of carbonyl (C=O) groups is 3. The molecule has 0 aromatic carbocycles. The quantitative estimate of drug-likeness (QED) is 0.339. The normalized spacial score (nSPS) is 15.8. The average Bonchev–Trinajstić information content (AvgIpc) is 3.16. The van der Waals surface area contributed by atoms with Gasteiger partial charge in [-0.3, -0.25) is 9.59 Å². The van der Waals surface area contributed by atoms with Crippen LogP contribution in [0.2, 0.25) is 0 Å². The molecule has 1 heterocycles. The average molecular weight is 479 g/mol. The topological polar surface area (TPSA) is 124 Å². The van der Waals surface area contributed by atoms with Crippen molar-refractivity contribution < 1.29 is 19.5 Å². The summed E-state index contributed by atoms with van der Waals surface area (Å²) in [5.74, 6) is -1.34. The Balaban J connectivity index is 2.73. The Morgan fingerprint density at radius 3 is 2.15 bits per heavy atom. The van der Waals surface area contributed by atoms with Crippen LogP contribution in [0, 0.1) is 28.6 Å². The standard InChI is InChI=1S/C26H46N4O4/c1-17(12-25(3,4)5)9-10-20(18(2)13-26(6,7)8)23(32)28-15-22(31)30-21(24(33)34)11-19-14-27-16-29-19/h14,16-18,20-21H,9-13,15H2,1-8H3,(H,27,29)(H,28,32)(H,30,31)(H,33,34)/t17?,18?,20?,21-/m0/s1. The number of carbonyl (C=O) groups excluding carboxylic acids is 2. The second-order valence-electron chi connectivity index (χ2n) is 12.3. The van der Waals surface area contributed by atoms with Crippen molar-refractivity contribution in [3.63, 3.8) is 0 Å². The van der Waals surface area contributed by atoms with Crippen molar-refractivity contribution in [3.05, 3.63) is 18.2 Å². The smallest absolute Gasteiger partial charge is 0.326 e. The first-order valence-electron chi connectivity index (χ1n) is 12.3. The van der Waals surface area contributed by atoms with Gasteiger partial charge in [-0.2, -0.15) is 0 Å². The number of carboxylic acids is 1. The molecule has 0 aliphatic heterocycles. The summed E-state index contributed by atoms with van der Waals surface area (Å²) in [4.78, 5) is 43.8. The molecule has 1 rings (SSSR count). The summed E-state index contributed by atoms with van der Waals surface area (Å²) in [6.07, 6.45) is 6.76. The van der Waals surface area contributed by atoms with Crippen molar-refractivity contribution in [3.8, 4) is 0 Å². The molecule has 0 radical (unpaired) electrons. The number of carboxylic acid groups (broad SMARTS) is 1. The molecule has 0 aliphatic carbocycles. The van der Waals surface area contributed by atoms with Crippen molar-refractivity contribution in [2.45, 2.75) is 93.5 Å². The lowest BCUT2D eigenvalue weighted by molar-refractivity contribution is -0.141. The number of H-pyrrole nitrogens is 1. The molecule has 1 aromatic heterocycles. The molecule has 4 atom stereocenters. The lowest BCUT2D eigenvalue weighted by atomic mass is 9.76. The first-order chi connectivity index (χ1) is 15.6. The summed E-state index contributed by atoms with van der Waals surface area (Å²) in [6.45, 7) is 17.3. The van der Waals surface area contributed by atoms with Crippen LogP contribution in [-0.4, -0.2) is 45.4 Å². The Bertz CT molecular complexity index is 778. The summed E-state index contributed by atoms with van der Waals surface area (Å²) >= 11 is 0. The third kappa shape index (κ3) is 12.2. The molecule has 0 bridgehead atoms. The summed E-state index contributed by atoms with van der Waals surface area (Å²) in [7, 11) is 0. The number of nitrogens with one attached hydrogen (secondary N) is 3. The Kier molecular flexibility index (Phi) is 11.3. The molecule has 1 aromatic rings. The molecule has 0 spiro atoms. The van der Waals surface area contributed by atoms with Crippen LogP contribution in [0.25, 0.3) is 0 Å². The number of hydrogen-bond acceptors (Lipinski definition) is 4. The fourth-order valence-corrected chi connectivity index (χ4v) is 4.75. The number of amides is 2. The zero-order valence-electron chi connectivity index (χ0n) is 22.3. The molecule has 0 saturated carbocycles. The number of aromatic amines is 1. The molecule has 2 amide bonds. The minimum absolute atomic E-state index is 0.0892. The summed E-state index contributed by atoms with van der Waals surface area (Å²) in [5, 5.41) is 14.7. The zero-order valence-corrected chi connectivity index (χ0v) is 22.3. The van der Waals surface area contributed by atoms with E-state index in [1.165, 1.54) is 12.5 Å². The molecule has 0 fully saturated rings. The summed E-state index contributed by atoms with van der Waals surface area (Å²) in [5.41, 5.74) is 0.939. The fourth-order valence-electron chi connectivity index (χ4n) is 4.75. The predicted octanol–water partition coefficient (Wildman–Crippen LogP) is 4.18. The molecule has 0 saturated heterocycles. The Morgan fingerprint density at radius 1 is 1.03 bits per heavy atom. The van der Waals surface area contributed by atoms with E-state index in [1.54, 1.807) is 0 Å². The van der Waals surface area contributed by atoms with Crippen LogP contribution < -0.4 is 10.6 Å². The fraction of sp³-hybridized carbons (Fsp3) is 0.769. The number of hydrogen-bond donors (Lipinski definition) is 4. The monoisotopic (exact) mass is 478 g/mol. The Hall–Kier alpha value is -2.38. The van der Waals surface area contributed by atoms with E-state index >= 15 is 0 Å². The van der Waals surface area contributed by atoms with E-state index in [-0.39, 0.29) is 41.5 Å². The van der Waals surface area contributed by atoms with Crippen molar-refractivity contribution in [1.82, 2.24) is 20.6 Å². The highest BCUT2D eigenvalue weighted by Crippen LogP contribution is 2.33. The summed E-state index contributed by atoms with van der Waals surface area (Å²) < 4.78 is 0. The van der Waals surface area contributed by atoms with Gasteiger partial charge in [-0.05, 0) is 48.3 Å². The first kappa shape index (κ1) is 29.7. The maximum Gasteiger partial charge on any atom is 0.326 e. The number of nitrogens with zero attached hydrogens (tertiary/aromatic N) is 1. The summed E-state index contributed by atoms with van der Waals surface area (Å²) in [6, 6.07) is -1.10. The van der Waals surface area contributed by atoms with Crippen molar-refractivity contribution >= 4 is 17.8 Å². The van der Waals surface area contributed by atoms with E-state index in [4.69, 9.17) is 0 Å². The molecular formula is C26H46N4O4. The lowest BCUT2D eigenvalue weighted by Gasteiger charge is -2.30. The highest BCUT2D eigenvalue weighted by molar-refractivity contribution is 5.88. The lowest BCUT2D eigenvalue weighted by Crippen LogP contribution is -2.47. The molecule has 8 nitrogen and oxygen atoms in total. The van der Waals surface area contributed by atoms with E-state index < -0.39 is 17.9 Å². The maximum absolute atomic E-state index is 13.1. The van der Waals surface area contributed by atoms with E-state index in [0.29, 0.717) is 11.6 Å². The Labute approximate surface area is 205 Å². The SMILES string of the molecule is CC(CCC(C(=O)NCC(=O)N[C@@H](Cc1cnc[nH]1)C(=O)O)C(C)CC(C)(C)C)CC(C)(C)C. The maximum atomic E-state index is 13.1. The van der Waals surface area contributed by atoms with Crippen molar-refractivity contribution in [1.29, 1.82) is 0 Å². The van der Waals surface area contributed by atoms with E-state index in [1.807, 2.05) is 0 Å². The van der Waals surface area contributed by atoms with Gasteiger partial charge in [0.05, 0.1) is 12.9 Å². The Morgan fingerprint density at radius 2 is 1.65 bits per heavy atom. The highest BCUT2D eigenvalue weighted by Gasteiger charge is 2.30. The van der Waals surface area contributed by atoms with Gasteiger partial charge in [-0.25, -0.2) is 9.78 Å². The van der Waals surface area contributed by atoms with Gasteiger partial charge < -0.3 is 20.7 Å². The highest BCUT2D eigenvalue weighted by atomic mass is 16.4. The van der Waals surface area contributed by atoms with Gasteiger partial charge >= 0.3 is 5.97 Å². The van der Waals surface area contributed by atoms with E-state index in [2.05, 4.69) is 76.0 Å². The third-order valence-electron chi connectivity index (χ3n) is 5.92. The van der Waals surface area contributed by atoms with E-state index in [0.717, 1.165) is 25.7 Å². The van der Waals surface area contributed by atoms with Gasteiger partial charge in [0, 0.05) is 24.2 Å². The number of aliphatic carboxylic acids is 1. The predicted molar refractivity (Wildman–Crippen MR) is 134 cm³/mol. The molecule has 0 aliphatic rings. The molecule has 8 heteroatoms. The van der Waals surface area contributed by atoms with E-state index in [9.17, 15) is 19.5 Å². The molecular weight excluding hydrogens is 432 g/mol. The van der Waals surface area contributed by atoms with Crippen molar-refractivity contribution in [2.24, 2.45) is 28.6 Å². The van der Waals surface area contributed by atoms with Crippen LogP contribution in [-0.2, 0) is 20.8 Å². The second-order valence-corrected chi connectivity index (χ2v) is 12.3. The number of aromatic nitrogens is 2. The van der Waals surface area contributed by atoms with Crippen LogP contribution in [0.3, 0.4) is 0 Å². The van der Waals surface area contributed by atoms with Crippen molar-refractivity contribution in [2.75, 3.05) is 6.54 Å². The van der Waals surface area contributed by atoms with Crippen LogP contribution >= 0.6 is 0 Å². The van der Waals surface area contributed by atoms with Crippen LogP contribution in [0.4, 0.5) is 0 Å². The molecule has 34 heavy (non-hydrogen) atoms. The minimum atomic E-state index is -1.14. The number of rotatable bonds is 13. The zero-order chi connectivity index (χ0) is 26.1. The van der Waals surface area contributed by atoms with Gasteiger partial charge in [-0.1, -0.05) is 55.4 Å². The van der Waals surface area contributed by atoms with Gasteiger partial charge in [0.1, 0.15) is 6.04 Å².